The number of aromatic nitrogens is 2. The summed E-state index contributed by atoms with van der Waals surface area (Å²) in [7, 11) is 0. The van der Waals surface area contributed by atoms with E-state index >= 15 is 0 Å². The first kappa shape index (κ1) is 28.8. The molecule has 0 radical (unpaired) electrons. The SMILES string of the molecule is N#Cc1cccc(-n2c3ccccc3c3cccc(-c4cccc(-c5ccc6c7cc(C#N)ccc7n(-c7ccccc7C#N)c6c5)c4)c32)c1. The van der Waals surface area contributed by atoms with Crippen LogP contribution in [0.2, 0.25) is 0 Å². The molecule has 2 heterocycles. The summed E-state index contributed by atoms with van der Waals surface area (Å²) in [6.07, 6.45) is 0. The third-order valence-corrected chi connectivity index (χ3v) is 9.60. The molecule has 5 heteroatoms. The molecule has 0 bridgehead atoms. The minimum atomic E-state index is 0.576. The van der Waals surface area contributed by atoms with Crippen LogP contribution in [-0.4, -0.2) is 9.13 Å². The highest BCUT2D eigenvalue weighted by Crippen LogP contribution is 2.40. The lowest BCUT2D eigenvalue weighted by molar-refractivity contribution is 1.17. The van der Waals surface area contributed by atoms with E-state index in [1.54, 1.807) is 0 Å². The predicted octanol–water partition coefficient (Wildman–Crippen LogP) is 10.8. The molecule has 0 atom stereocenters. The number of fused-ring (bicyclic) bond motifs is 6. The Morgan fingerprint density at radius 2 is 1.10 bits per heavy atom. The van der Waals surface area contributed by atoms with Gasteiger partial charge in [0, 0.05) is 32.8 Å². The van der Waals surface area contributed by atoms with Gasteiger partial charge in [-0.2, -0.15) is 15.8 Å². The average Bonchev–Trinajstić information content (AvgIpc) is 3.70. The lowest BCUT2D eigenvalue weighted by Crippen LogP contribution is -1.97. The van der Waals surface area contributed by atoms with Gasteiger partial charge in [-0.1, -0.05) is 84.9 Å². The number of hydrogen-bond acceptors (Lipinski definition) is 3. The zero-order valence-corrected chi connectivity index (χ0v) is 26.7. The fourth-order valence-electron chi connectivity index (χ4n) is 7.39. The van der Waals surface area contributed by atoms with E-state index in [0.29, 0.717) is 16.7 Å². The zero-order valence-electron chi connectivity index (χ0n) is 26.7. The van der Waals surface area contributed by atoms with Crippen molar-refractivity contribution in [3.05, 3.63) is 168 Å². The Morgan fingerprint density at radius 1 is 0.400 bits per heavy atom. The third kappa shape index (κ3) is 4.38. The Morgan fingerprint density at radius 3 is 1.98 bits per heavy atom. The fraction of sp³-hybridized carbons (Fsp3) is 0. The number of benzene rings is 7. The van der Waals surface area contributed by atoms with Crippen LogP contribution < -0.4 is 0 Å². The van der Waals surface area contributed by atoms with Gasteiger partial charge in [0.2, 0.25) is 0 Å². The molecule has 5 nitrogen and oxygen atoms in total. The maximum absolute atomic E-state index is 10.0. The minimum Gasteiger partial charge on any atom is -0.309 e. The summed E-state index contributed by atoms with van der Waals surface area (Å²) in [6, 6.07) is 57.9. The van der Waals surface area contributed by atoms with Crippen LogP contribution in [0, 0.1) is 34.0 Å². The highest BCUT2D eigenvalue weighted by atomic mass is 15.0. The Balaban J connectivity index is 1.27. The van der Waals surface area contributed by atoms with Crippen molar-refractivity contribution in [1.29, 1.82) is 15.8 Å². The van der Waals surface area contributed by atoms with Gasteiger partial charge in [0.1, 0.15) is 6.07 Å². The normalized spacial score (nSPS) is 11.1. The standard InChI is InChI=1S/C45H25N5/c46-26-29-8-5-12-35(22-29)49-42-17-4-2-13-37(42)39-15-7-14-36(45(39)49)33-11-6-10-31(24-33)32-19-20-38-40-23-30(27-47)18-21-43(40)50(44(38)25-32)41-16-3-1-9-34(41)28-48/h1-25H. The zero-order chi connectivity index (χ0) is 33.8. The summed E-state index contributed by atoms with van der Waals surface area (Å²) in [5.41, 5.74) is 11.8. The lowest BCUT2D eigenvalue weighted by Gasteiger charge is -2.13. The second kappa shape index (κ2) is 11.4. The van der Waals surface area contributed by atoms with E-state index in [1.165, 1.54) is 0 Å². The van der Waals surface area contributed by atoms with Crippen LogP contribution in [-0.2, 0) is 0 Å². The van der Waals surface area contributed by atoms with E-state index in [-0.39, 0.29) is 0 Å². The van der Waals surface area contributed by atoms with Crippen LogP contribution in [0.5, 0.6) is 0 Å². The Bertz CT molecular complexity index is 2970. The molecular weight excluding hydrogens is 611 g/mol. The monoisotopic (exact) mass is 635 g/mol. The molecule has 2 aromatic heterocycles. The molecule has 0 saturated carbocycles. The minimum absolute atomic E-state index is 0.576. The van der Waals surface area contributed by atoms with Gasteiger partial charge in [-0.15, -0.1) is 0 Å². The maximum atomic E-state index is 10.0. The van der Waals surface area contributed by atoms with Crippen LogP contribution >= 0.6 is 0 Å². The summed E-state index contributed by atoms with van der Waals surface area (Å²) in [5, 5.41) is 33.7. The molecule has 0 N–H and O–H groups in total. The molecule has 0 amide bonds. The average molecular weight is 636 g/mol. The molecule has 0 fully saturated rings. The van der Waals surface area contributed by atoms with Crippen molar-refractivity contribution in [2.75, 3.05) is 0 Å². The molecule has 7 aromatic carbocycles. The van der Waals surface area contributed by atoms with Gasteiger partial charge in [0.05, 0.1) is 56.6 Å². The van der Waals surface area contributed by atoms with Gasteiger partial charge in [-0.25, -0.2) is 0 Å². The largest absolute Gasteiger partial charge is 0.309 e. The van der Waals surface area contributed by atoms with E-state index in [9.17, 15) is 15.8 Å². The lowest BCUT2D eigenvalue weighted by atomic mass is 9.96. The first-order valence-electron chi connectivity index (χ1n) is 16.3. The third-order valence-electron chi connectivity index (χ3n) is 9.60. The summed E-state index contributed by atoms with van der Waals surface area (Å²) in [6.45, 7) is 0. The number of hydrogen-bond donors (Lipinski definition) is 0. The maximum Gasteiger partial charge on any atom is 0.101 e. The molecule has 0 aliphatic carbocycles. The van der Waals surface area contributed by atoms with E-state index in [2.05, 4.69) is 118 Å². The van der Waals surface area contributed by atoms with E-state index in [0.717, 1.165) is 77.2 Å². The van der Waals surface area contributed by atoms with Crippen molar-refractivity contribution in [3.63, 3.8) is 0 Å². The van der Waals surface area contributed by atoms with Gasteiger partial charge < -0.3 is 9.13 Å². The van der Waals surface area contributed by atoms with Crippen molar-refractivity contribution < 1.29 is 0 Å². The molecule has 0 aliphatic rings. The first-order valence-corrected chi connectivity index (χ1v) is 16.3. The van der Waals surface area contributed by atoms with Gasteiger partial charge in [-0.3, -0.25) is 0 Å². The molecule has 0 unspecified atom stereocenters. The van der Waals surface area contributed by atoms with E-state index < -0.39 is 0 Å². The molecule has 0 spiro atoms. The summed E-state index contributed by atoms with van der Waals surface area (Å²) in [4.78, 5) is 0. The second-order valence-electron chi connectivity index (χ2n) is 12.3. The molecule has 9 aromatic rings. The molecule has 230 valence electrons. The topological polar surface area (TPSA) is 81.2 Å². The Kier molecular flexibility index (Phi) is 6.56. The van der Waals surface area contributed by atoms with Gasteiger partial charge in [0.25, 0.3) is 0 Å². The van der Waals surface area contributed by atoms with Crippen LogP contribution in [0.1, 0.15) is 16.7 Å². The summed E-state index contributed by atoms with van der Waals surface area (Å²) < 4.78 is 4.40. The quantitative estimate of drug-likeness (QED) is 0.193. The van der Waals surface area contributed by atoms with Gasteiger partial charge in [0.15, 0.2) is 0 Å². The van der Waals surface area contributed by atoms with Crippen molar-refractivity contribution in [3.8, 4) is 51.8 Å². The number of rotatable bonds is 4. The van der Waals surface area contributed by atoms with Crippen molar-refractivity contribution in [2.24, 2.45) is 0 Å². The number of nitriles is 3. The van der Waals surface area contributed by atoms with Gasteiger partial charge >= 0.3 is 0 Å². The van der Waals surface area contributed by atoms with Crippen molar-refractivity contribution in [1.82, 2.24) is 9.13 Å². The summed E-state index contributed by atoms with van der Waals surface area (Å²) in [5.74, 6) is 0. The molecule has 50 heavy (non-hydrogen) atoms. The van der Waals surface area contributed by atoms with Crippen LogP contribution in [0.3, 0.4) is 0 Å². The van der Waals surface area contributed by atoms with Crippen molar-refractivity contribution >= 4 is 43.6 Å². The first-order chi connectivity index (χ1) is 24.7. The van der Waals surface area contributed by atoms with E-state index in [4.69, 9.17) is 0 Å². The summed E-state index contributed by atoms with van der Waals surface area (Å²) >= 11 is 0. The fourth-order valence-corrected chi connectivity index (χ4v) is 7.39. The van der Waals surface area contributed by atoms with Crippen LogP contribution in [0.15, 0.2) is 152 Å². The molecular formula is C45H25N5. The van der Waals surface area contributed by atoms with Crippen LogP contribution in [0.25, 0.3) is 77.2 Å². The second-order valence-corrected chi connectivity index (χ2v) is 12.3. The molecule has 0 aliphatic heterocycles. The Labute approximate surface area is 287 Å². The molecule has 9 rings (SSSR count). The highest BCUT2D eigenvalue weighted by molar-refractivity contribution is 6.14. The predicted molar refractivity (Wildman–Crippen MR) is 200 cm³/mol. The molecule has 0 saturated heterocycles. The number of para-hydroxylation sites is 3. The van der Waals surface area contributed by atoms with Crippen LogP contribution in [0.4, 0.5) is 0 Å². The highest BCUT2D eigenvalue weighted by Gasteiger charge is 2.19. The van der Waals surface area contributed by atoms with Crippen molar-refractivity contribution in [2.45, 2.75) is 0 Å². The van der Waals surface area contributed by atoms with Gasteiger partial charge in [-0.05, 0) is 83.4 Å². The van der Waals surface area contributed by atoms with E-state index in [1.807, 2.05) is 60.7 Å². The Hall–Kier alpha value is -7.39. The number of nitrogens with zero attached hydrogens (tertiary/aromatic N) is 5. The smallest absolute Gasteiger partial charge is 0.101 e.